The molecule has 0 spiro atoms. The monoisotopic (exact) mass is 479 g/mol. The summed E-state index contributed by atoms with van der Waals surface area (Å²) in [7, 11) is 0. The highest BCUT2D eigenvalue weighted by Crippen LogP contribution is 2.45. The summed E-state index contributed by atoms with van der Waals surface area (Å²) in [5.41, 5.74) is 2.70. The maximum Gasteiger partial charge on any atom is 0.422 e. The van der Waals surface area contributed by atoms with Crippen LogP contribution in [-0.2, 0) is 15.0 Å². The van der Waals surface area contributed by atoms with Gasteiger partial charge in [0.2, 0.25) is 11.7 Å². The van der Waals surface area contributed by atoms with Crippen LogP contribution in [0.2, 0.25) is 0 Å². The van der Waals surface area contributed by atoms with Gasteiger partial charge < -0.3 is 14.7 Å². The molecular weight excluding hydrogens is 454 g/mol. The van der Waals surface area contributed by atoms with Gasteiger partial charge in [-0.3, -0.25) is 4.79 Å². The molecule has 5 nitrogen and oxygen atoms in total. The molecule has 1 aliphatic rings. The number of halogens is 4. The third kappa shape index (κ3) is 5.24. The van der Waals surface area contributed by atoms with Crippen LogP contribution in [0.1, 0.15) is 43.9 Å². The van der Waals surface area contributed by atoms with E-state index in [4.69, 9.17) is 9.84 Å². The van der Waals surface area contributed by atoms with Crippen LogP contribution in [0.15, 0.2) is 36.2 Å². The van der Waals surface area contributed by atoms with Crippen molar-refractivity contribution in [2.24, 2.45) is 0 Å². The van der Waals surface area contributed by atoms with Crippen molar-refractivity contribution >= 4 is 23.6 Å². The number of nitrogens with zero attached hydrogens (tertiary/aromatic N) is 1. The van der Waals surface area contributed by atoms with Gasteiger partial charge in [0.25, 0.3) is 0 Å². The van der Waals surface area contributed by atoms with E-state index in [9.17, 15) is 27.2 Å². The van der Waals surface area contributed by atoms with E-state index in [-0.39, 0.29) is 22.8 Å². The maximum atomic E-state index is 13.7. The minimum absolute atomic E-state index is 0.0661. The molecule has 2 aromatic carbocycles. The molecular formula is C25H25F4NO4. The number of anilines is 1. The summed E-state index contributed by atoms with van der Waals surface area (Å²) < 4.78 is 57.3. The van der Waals surface area contributed by atoms with E-state index in [2.05, 4.69) is 0 Å². The lowest BCUT2D eigenvalue weighted by atomic mass is 9.75. The summed E-state index contributed by atoms with van der Waals surface area (Å²) in [6.07, 6.45) is -3.48. The number of alkyl halides is 3. The zero-order chi connectivity index (χ0) is 25.4. The Hall–Kier alpha value is -3.36. The van der Waals surface area contributed by atoms with E-state index in [0.29, 0.717) is 29.8 Å². The molecule has 1 N–H and O–H groups in total. The molecule has 0 saturated carbocycles. The predicted octanol–water partition coefficient (Wildman–Crippen LogP) is 6.03. The Morgan fingerprint density at radius 3 is 2.47 bits per heavy atom. The summed E-state index contributed by atoms with van der Waals surface area (Å²) in [6.45, 7) is 6.40. The lowest BCUT2D eigenvalue weighted by molar-refractivity contribution is -0.153. The first-order chi connectivity index (χ1) is 15.7. The van der Waals surface area contributed by atoms with Crippen molar-refractivity contribution in [3.05, 3.63) is 52.8 Å². The largest absolute Gasteiger partial charge is 0.483 e. The predicted molar refractivity (Wildman–Crippen MR) is 121 cm³/mol. The minimum atomic E-state index is -4.58. The maximum absolute atomic E-state index is 13.7. The first-order valence-corrected chi connectivity index (χ1v) is 10.6. The van der Waals surface area contributed by atoms with Crippen LogP contribution in [0, 0.1) is 6.92 Å². The highest BCUT2D eigenvalue weighted by Gasteiger charge is 2.37. The molecule has 9 heteroatoms. The SMILES string of the molecule is CCN1C(=O)CC(C)(C)c2cc(C)c(-c3cc(/C=C(\F)C(=O)O)ccc3OCC(F)(F)F)cc21. The van der Waals surface area contributed by atoms with Gasteiger partial charge in [0.15, 0.2) is 6.61 Å². The van der Waals surface area contributed by atoms with Crippen LogP contribution >= 0.6 is 0 Å². The number of benzene rings is 2. The van der Waals surface area contributed by atoms with Crippen molar-refractivity contribution in [3.63, 3.8) is 0 Å². The second-order valence-corrected chi connectivity index (χ2v) is 8.84. The van der Waals surface area contributed by atoms with Crippen molar-refractivity contribution in [1.29, 1.82) is 0 Å². The average molecular weight is 479 g/mol. The van der Waals surface area contributed by atoms with Crippen LogP contribution in [-0.4, -0.2) is 36.3 Å². The molecule has 1 aliphatic heterocycles. The molecule has 0 unspecified atom stereocenters. The number of rotatable bonds is 6. The first-order valence-electron chi connectivity index (χ1n) is 10.6. The summed E-state index contributed by atoms with van der Waals surface area (Å²) in [4.78, 5) is 25.2. The lowest BCUT2D eigenvalue weighted by Crippen LogP contribution is -2.41. The molecule has 3 rings (SSSR count). The number of hydrogen-bond acceptors (Lipinski definition) is 3. The normalized spacial score (nSPS) is 15.8. The quantitative estimate of drug-likeness (QED) is 0.406. The Kier molecular flexibility index (Phi) is 6.78. The molecule has 1 heterocycles. The van der Waals surface area contributed by atoms with Crippen LogP contribution in [0.25, 0.3) is 17.2 Å². The highest BCUT2D eigenvalue weighted by molar-refractivity contribution is 5.99. The first kappa shape index (κ1) is 25.3. The number of hydrogen-bond donors (Lipinski definition) is 1. The number of carboxylic acid groups (broad SMARTS) is 1. The van der Waals surface area contributed by atoms with Gasteiger partial charge in [-0.15, -0.1) is 0 Å². The van der Waals surface area contributed by atoms with Crippen molar-refractivity contribution in [2.75, 3.05) is 18.1 Å². The standard InChI is InChI=1S/C25H25F4NO4/c1-5-30-20-11-16(14(2)8-18(20)24(3,4)12-22(30)31)17-9-15(10-19(26)23(32)33)6-7-21(17)34-13-25(27,28)29/h6-11H,5,12-13H2,1-4H3,(H,32,33)/b19-10-. The topological polar surface area (TPSA) is 66.8 Å². The molecule has 0 radical (unpaired) electrons. The number of fused-ring (bicyclic) bond motifs is 1. The second kappa shape index (κ2) is 9.12. The highest BCUT2D eigenvalue weighted by atomic mass is 19.4. The molecule has 0 aliphatic carbocycles. The fraction of sp³-hybridized carbons (Fsp3) is 0.360. The van der Waals surface area contributed by atoms with Gasteiger partial charge in [0, 0.05) is 29.6 Å². The van der Waals surface area contributed by atoms with Crippen LogP contribution in [0.5, 0.6) is 5.75 Å². The van der Waals surface area contributed by atoms with Gasteiger partial charge in [0.1, 0.15) is 5.75 Å². The van der Waals surface area contributed by atoms with Crippen molar-refractivity contribution < 1.29 is 37.0 Å². The molecule has 34 heavy (non-hydrogen) atoms. The Labute approximate surface area is 194 Å². The third-order valence-electron chi connectivity index (χ3n) is 5.76. The van der Waals surface area contributed by atoms with Gasteiger partial charge in [-0.1, -0.05) is 26.0 Å². The minimum Gasteiger partial charge on any atom is -0.483 e. The summed E-state index contributed by atoms with van der Waals surface area (Å²) in [5.74, 6) is -3.34. The molecule has 0 saturated heterocycles. The fourth-order valence-electron chi connectivity index (χ4n) is 4.14. The third-order valence-corrected chi connectivity index (χ3v) is 5.76. The van der Waals surface area contributed by atoms with Gasteiger partial charge >= 0.3 is 12.1 Å². The number of carbonyl (C=O) groups is 2. The zero-order valence-electron chi connectivity index (χ0n) is 19.2. The molecule has 0 bridgehead atoms. The van der Waals surface area contributed by atoms with Crippen LogP contribution < -0.4 is 9.64 Å². The Morgan fingerprint density at radius 1 is 1.21 bits per heavy atom. The Morgan fingerprint density at radius 2 is 1.88 bits per heavy atom. The van der Waals surface area contributed by atoms with E-state index >= 15 is 0 Å². The van der Waals surface area contributed by atoms with E-state index in [1.165, 1.54) is 18.2 Å². The summed E-state index contributed by atoms with van der Waals surface area (Å²) in [6, 6.07) is 7.51. The summed E-state index contributed by atoms with van der Waals surface area (Å²) >= 11 is 0. The Balaban J connectivity index is 2.23. The molecule has 2 aromatic rings. The van der Waals surface area contributed by atoms with Gasteiger partial charge in [-0.2, -0.15) is 17.6 Å². The van der Waals surface area contributed by atoms with Crippen LogP contribution in [0.3, 0.4) is 0 Å². The van der Waals surface area contributed by atoms with E-state index in [1.54, 1.807) is 17.9 Å². The lowest BCUT2D eigenvalue weighted by Gasteiger charge is -2.39. The number of carbonyl (C=O) groups excluding carboxylic acids is 1. The van der Waals surface area contributed by atoms with Gasteiger partial charge in [0.05, 0.1) is 0 Å². The number of aryl methyl sites for hydroxylation is 1. The van der Waals surface area contributed by atoms with Crippen molar-refractivity contribution in [1.82, 2.24) is 0 Å². The number of aliphatic carboxylic acids is 1. The number of carboxylic acids is 1. The van der Waals surface area contributed by atoms with Gasteiger partial charge in [-0.25, -0.2) is 4.79 Å². The second-order valence-electron chi connectivity index (χ2n) is 8.84. The Bertz CT molecular complexity index is 1170. The van der Waals surface area contributed by atoms with Crippen molar-refractivity contribution in [2.45, 2.75) is 45.7 Å². The van der Waals surface area contributed by atoms with E-state index in [1.807, 2.05) is 26.8 Å². The average Bonchev–Trinajstić information content (AvgIpc) is 2.72. The molecule has 182 valence electrons. The van der Waals surface area contributed by atoms with Crippen molar-refractivity contribution in [3.8, 4) is 16.9 Å². The van der Waals surface area contributed by atoms with Crippen LogP contribution in [0.4, 0.5) is 23.2 Å². The molecule has 1 amide bonds. The summed E-state index contributed by atoms with van der Waals surface area (Å²) in [5, 5.41) is 8.83. The zero-order valence-corrected chi connectivity index (χ0v) is 19.2. The molecule has 0 fully saturated rings. The van der Waals surface area contributed by atoms with E-state index < -0.39 is 30.0 Å². The smallest absolute Gasteiger partial charge is 0.422 e. The number of ether oxygens (including phenoxy) is 1. The molecule has 0 aromatic heterocycles. The fourth-order valence-corrected chi connectivity index (χ4v) is 4.14. The number of amides is 1. The molecule has 0 atom stereocenters. The van der Waals surface area contributed by atoms with Gasteiger partial charge in [-0.05, 0) is 60.4 Å². The van der Waals surface area contributed by atoms with E-state index in [0.717, 1.165) is 11.6 Å².